The number of aromatic nitrogens is 2. The second-order valence-corrected chi connectivity index (χ2v) is 5.84. The van der Waals surface area contributed by atoms with E-state index in [2.05, 4.69) is 74.3 Å². The van der Waals surface area contributed by atoms with Crippen molar-refractivity contribution in [3.8, 4) is 0 Å². The summed E-state index contributed by atoms with van der Waals surface area (Å²) in [4.78, 5) is 0. The lowest BCUT2D eigenvalue weighted by molar-refractivity contribution is 0.483. The van der Waals surface area contributed by atoms with Crippen molar-refractivity contribution in [3.63, 3.8) is 0 Å². The van der Waals surface area contributed by atoms with E-state index in [9.17, 15) is 0 Å². The first kappa shape index (κ1) is 16.8. The lowest BCUT2D eigenvalue weighted by atomic mass is 9.94. The molecule has 3 nitrogen and oxygen atoms in total. The third-order valence-corrected chi connectivity index (χ3v) is 3.51. The molecule has 0 saturated carbocycles. The quantitative estimate of drug-likeness (QED) is 0.750. The number of nitrogens with one attached hydrogen (secondary N) is 1. The lowest BCUT2D eigenvalue weighted by Crippen LogP contribution is -2.04. The minimum Gasteiger partial charge on any atom is -0.368 e. The number of nitrogens with zero attached hydrogens (tertiary/aromatic N) is 2. The number of hydrogen-bond donors (Lipinski definition) is 1. The molecule has 1 aromatic heterocycles. The Morgan fingerprint density at radius 2 is 1.96 bits per heavy atom. The van der Waals surface area contributed by atoms with Gasteiger partial charge in [0.1, 0.15) is 0 Å². The zero-order valence-electron chi connectivity index (χ0n) is 14.2. The Morgan fingerprint density at radius 3 is 2.57 bits per heavy atom. The van der Waals surface area contributed by atoms with Gasteiger partial charge in [0.05, 0.1) is 6.20 Å². The van der Waals surface area contributed by atoms with Crippen molar-refractivity contribution in [2.75, 3.05) is 0 Å². The average Bonchev–Trinajstić information content (AvgIpc) is 2.99. The molecule has 0 aliphatic heterocycles. The van der Waals surface area contributed by atoms with Crippen molar-refractivity contribution in [2.45, 2.75) is 27.3 Å². The lowest BCUT2D eigenvalue weighted by Gasteiger charge is -2.11. The molecule has 1 N–H and O–H groups in total. The average molecular weight is 307 g/mol. The maximum atomic E-state index is 4.49. The van der Waals surface area contributed by atoms with Gasteiger partial charge in [-0.25, -0.2) is 0 Å². The van der Waals surface area contributed by atoms with E-state index in [4.69, 9.17) is 0 Å². The van der Waals surface area contributed by atoms with Gasteiger partial charge in [0.25, 0.3) is 0 Å². The predicted octanol–water partition coefficient (Wildman–Crippen LogP) is 4.72. The fourth-order valence-corrected chi connectivity index (χ4v) is 2.53. The van der Waals surface area contributed by atoms with Crippen LogP contribution in [0.15, 0.2) is 67.8 Å². The summed E-state index contributed by atoms with van der Waals surface area (Å²) in [6, 6.07) is 10.4. The molecule has 0 aliphatic carbocycles. The second-order valence-electron chi connectivity index (χ2n) is 5.84. The van der Waals surface area contributed by atoms with Crippen molar-refractivity contribution in [1.29, 1.82) is 0 Å². The molecule has 0 spiro atoms. The predicted molar refractivity (Wildman–Crippen MR) is 98.5 cm³/mol. The summed E-state index contributed by atoms with van der Waals surface area (Å²) in [5.41, 5.74) is 4.55. The summed E-state index contributed by atoms with van der Waals surface area (Å²) >= 11 is 0. The monoisotopic (exact) mass is 307 g/mol. The molecule has 0 radical (unpaired) electrons. The molecule has 0 bridgehead atoms. The van der Waals surface area contributed by atoms with Crippen LogP contribution < -0.4 is 5.32 Å². The minimum atomic E-state index is 0.566. The molecule has 0 amide bonds. The van der Waals surface area contributed by atoms with E-state index >= 15 is 0 Å². The van der Waals surface area contributed by atoms with Crippen molar-refractivity contribution in [2.24, 2.45) is 5.92 Å². The van der Waals surface area contributed by atoms with Gasteiger partial charge in [-0.15, -0.1) is 0 Å². The van der Waals surface area contributed by atoms with Crippen LogP contribution in [0.3, 0.4) is 0 Å². The van der Waals surface area contributed by atoms with Crippen molar-refractivity contribution >= 4 is 11.1 Å². The van der Waals surface area contributed by atoms with Gasteiger partial charge in [-0.2, -0.15) is 5.10 Å². The van der Waals surface area contributed by atoms with Crippen molar-refractivity contribution in [3.05, 3.63) is 78.9 Å². The zero-order valence-corrected chi connectivity index (χ0v) is 14.2. The van der Waals surface area contributed by atoms with E-state index in [1.165, 1.54) is 11.1 Å². The fourth-order valence-electron chi connectivity index (χ4n) is 2.53. The number of allylic oxidation sites excluding steroid dienone is 3. The summed E-state index contributed by atoms with van der Waals surface area (Å²) in [5, 5.41) is 7.60. The summed E-state index contributed by atoms with van der Waals surface area (Å²) < 4.78 is 2.00. The molecule has 0 saturated heterocycles. The molecule has 1 heterocycles. The van der Waals surface area contributed by atoms with Crippen LogP contribution in [0.4, 0.5) is 0 Å². The van der Waals surface area contributed by atoms with Crippen LogP contribution in [0.5, 0.6) is 0 Å². The van der Waals surface area contributed by atoms with Gasteiger partial charge in [0.2, 0.25) is 0 Å². The van der Waals surface area contributed by atoms with E-state index < -0.39 is 0 Å². The first-order valence-corrected chi connectivity index (χ1v) is 7.97. The first-order valence-electron chi connectivity index (χ1n) is 7.97. The Hall–Kier alpha value is -2.55. The summed E-state index contributed by atoms with van der Waals surface area (Å²) in [7, 11) is 0. The van der Waals surface area contributed by atoms with E-state index in [-0.39, 0.29) is 0 Å². The molecule has 120 valence electrons. The highest BCUT2D eigenvalue weighted by Gasteiger charge is 2.12. The van der Waals surface area contributed by atoms with Gasteiger partial charge in [-0.3, -0.25) is 4.68 Å². The zero-order chi connectivity index (χ0) is 16.7. The van der Waals surface area contributed by atoms with Gasteiger partial charge in [0.15, 0.2) is 0 Å². The molecular formula is C20H25N3. The minimum absolute atomic E-state index is 0.566. The Morgan fingerprint density at radius 1 is 1.22 bits per heavy atom. The first-order chi connectivity index (χ1) is 11.2. The van der Waals surface area contributed by atoms with Gasteiger partial charge < -0.3 is 5.32 Å². The smallest absolute Gasteiger partial charge is 0.0569 e. The van der Waals surface area contributed by atoms with Crippen molar-refractivity contribution < 1.29 is 0 Å². The molecule has 0 atom stereocenters. The number of hydrogen-bond acceptors (Lipinski definition) is 2. The van der Waals surface area contributed by atoms with Crippen LogP contribution in [-0.4, -0.2) is 9.78 Å². The SMILES string of the molecule is C=CN/C=C(\C(=C/C)c1ccccc1)c1cnn(CC(C)C)c1. The highest BCUT2D eigenvalue weighted by molar-refractivity contribution is 6.04. The highest BCUT2D eigenvalue weighted by atomic mass is 15.3. The van der Waals surface area contributed by atoms with E-state index in [1.54, 1.807) is 6.20 Å². The van der Waals surface area contributed by atoms with Crippen LogP contribution >= 0.6 is 0 Å². The molecule has 2 rings (SSSR count). The Kier molecular flexibility index (Phi) is 5.98. The number of rotatable bonds is 7. The maximum absolute atomic E-state index is 4.49. The number of benzene rings is 1. The Balaban J connectivity index is 2.41. The van der Waals surface area contributed by atoms with Crippen LogP contribution in [-0.2, 0) is 6.54 Å². The standard InChI is InChI=1S/C20H25N3/c1-5-19(17-10-8-7-9-11-17)20(13-21-6-2)18-12-22-23(15-18)14-16(3)4/h5-13,15-16,21H,2,14H2,1,3-4H3/b19-5-,20-13-. The van der Waals surface area contributed by atoms with E-state index in [0.29, 0.717) is 5.92 Å². The van der Waals surface area contributed by atoms with Gasteiger partial charge in [-0.1, -0.05) is 56.8 Å². The van der Waals surface area contributed by atoms with E-state index in [1.807, 2.05) is 23.1 Å². The molecular weight excluding hydrogens is 282 g/mol. The van der Waals surface area contributed by atoms with Crippen LogP contribution in [0.1, 0.15) is 31.9 Å². The normalized spacial score (nSPS) is 12.5. The van der Waals surface area contributed by atoms with Gasteiger partial charge in [-0.05, 0) is 30.2 Å². The topological polar surface area (TPSA) is 29.9 Å². The highest BCUT2D eigenvalue weighted by Crippen LogP contribution is 2.30. The summed E-state index contributed by atoms with van der Waals surface area (Å²) in [6.07, 6.45) is 9.81. The molecule has 1 aromatic carbocycles. The largest absolute Gasteiger partial charge is 0.368 e. The van der Waals surface area contributed by atoms with Crippen LogP contribution in [0, 0.1) is 5.92 Å². The van der Waals surface area contributed by atoms with Gasteiger partial charge in [0, 0.05) is 30.1 Å². The Labute approximate surface area is 139 Å². The third kappa shape index (κ3) is 4.46. The molecule has 2 aromatic rings. The molecule has 0 fully saturated rings. The molecule has 0 aliphatic rings. The summed E-state index contributed by atoms with van der Waals surface area (Å²) in [5.74, 6) is 0.566. The van der Waals surface area contributed by atoms with Crippen LogP contribution in [0.2, 0.25) is 0 Å². The molecule has 3 heteroatoms. The fraction of sp³-hybridized carbons (Fsp3) is 0.250. The third-order valence-electron chi connectivity index (χ3n) is 3.51. The van der Waals surface area contributed by atoms with Crippen molar-refractivity contribution in [1.82, 2.24) is 15.1 Å². The van der Waals surface area contributed by atoms with Gasteiger partial charge >= 0.3 is 0 Å². The van der Waals surface area contributed by atoms with E-state index in [0.717, 1.165) is 17.7 Å². The van der Waals surface area contributed by atoms with Crippen LogP contribution in [0.25, 0.3) is 11.1 Å². The summed E-state index contributed by atoms with van der Waals surface area (Å²) in [6.45, 7) is 11.1. The maximum Gasteiger partial charge on any atom is 0.0569 e. The molecule has 0 unspecified atom stereocenters. The second kappa shape index (κ2) is 8.18. The molecule has 23 heavy (non-hydrogen) atoms. The Bertz CT molecular complexity index is 691.